The number of allylic oxidation sites excluding steroid dienone is 1. The molecule has 0 saturated carbocycles. The standard InChI is InChI=1S/C18H13ClF2N2O2/c1-9-15(17(24)10-2-4-11(19)5-3-10)16(23-18(25)22-9)13-7-6-12(20)8-14(13)21/h2-8,16H,1H3,(H2,22,23,25). The second-order valence-electron chi connectivity index (χ2n) is 5.57. The summed E-state index contributed by atoms with van der Waals surface area (Å²) < 4.78 is 27.4. The predicted octanol–water partition coefficient (Wildman–Crippen LogP) is 4.13. The van der Waals surface area contributed by atoms with E-state index in [1.807, 2.05) is 0 Å². The number of Topliss-reactive ketones (excluding diaryl/α,β-unsaturated/α-hetero) is 1. The van der Waals surface area contributed by atoms with Gasteiger partial charge in [-0.25, -0.2) is 13.6 Å². The Morgan fingerprint density at radius 2 is 1.80 bits per heavy atom. The van der Waals surface area contributed by atoms with Crippen LogP contribution in [-0.4, -0.2) is 11.8 Å². The molecule has 1 aliphatic rings. The third kappa shape index (κ3) is 3.39. The summed E-state index contributed by atoms with van der Waals surface area (Å²) in [6.45, 7) is 1.55. The molecule has 4 nitrogen and oxygen atoms in total. The maximum absolute atomic E-state index is 14.2. The normalized spacial score (nSPS) is 17.1. The van der Waals surface area contributed by atoms with Gasteiger partial charge in [0.25, 0.3) is 0 Å². The summed E-state index contributed by atoms with van der Waals surface area (Å²) >= 11 is 5.83. The minimum absolute atomic E-state index is 0.00733. The average Bonchev–Trinajstić information content (AvgIpc) is 2.54. The molecule has 1 atom stereocenters. The number of amides is 2. The largest absolute Gasteiger partial charge is 0.327 e. The van der Waals surface area contributed by atoms with E-state index in [0.717, 1.165) is 6.07 Å². The van der Waals surface area contributed by atoms with Crippen LogP contribution in [0.4, 0.5) is 13.6 Å². The average molecular weight is 363 g/mol. The van der Waals surface area contributed by atoms with Gasteiger partial charge < -0.3 is 10.6 Å². The van der Waals surface area contributed by atoms with E-state index in [2.05, 4.69) is 10.6 Å². The molecule has 3 rings (SSSR count). The number of hydrogen-bond donors (Lipinski definition) is 2. The first-order chi connectivity index (χ1) is 11.9. The number of halogens is 3. The molecule has 0 bridgehead atoms. The summed E-state index contributed by atoms with van der Waals surface area (Å²) in [5.74, 6) is -1.98. The molecule has 128 valence electrons. The van der Waals surface area contributed by atoms with Crippen molar-refractivity contribution >= 4 is 23.4 Å². The lowest BCUT2D eigenvalue weighted by Crippen LogP contribution is -2.45. The van der Waals surface area contributed by atoms with Gasteiger partial charge in [0.15, 0.2) is 5.78 Å². The lowest BCUT2D eigenvalue weighted by Gasteiger charge is -2.29. The SMILES string of the molecule is CC1=C(C(=O)c2ccc(Cl)cc2)C(c2ccc(F)cc2F)NC(=O)N1. The maximum atomic E-state index is 14.2. The van der Waals surface area contributed by atoms with E-state index in [4.69, 9.17) is 11.6 Å². The van der Waals surface area contributed by atoms with Crippen LogP contribution in [0.15, 0.2) is 53.7 Å². The van der Waals surface area contributed by atoms with Gasteiger partial charge in [-0.05, 0) is 37.3 Å². The molecule has 2 aromatic carbocycles. The zero-order valence-electron chi connectivity index (χ0n) is 13.1. The van der Waals surface area contributed by atoms with Crippen LogP contribution >= 0.6 is 11.6 Å². The fourth-order valence-electron chi connectivity index (χ4n) is 2.72. The number of hydrogen-bond acceptors (Lipinski definition) is 2. The highest BCUT2D eigenvalue weighted by molar-refractivity contribution is 6.30. The Labute approximate surface area is 147 Å². The second-order valence-corrected chi connectivity index (χ2v) is 6.01. The minimum Gasteiger partial charge on any atom is -0.327 e. The lowest BCUT2D eigenvalue weighted by molar-refractivity contribution is 0.102. The Kier molecular flexibility index (Phi) is 4.55. The van der Waals surface area contributed by atoms with E-state index in [-0.39, 0.29) is 11.1 Å². The van der Waals surface area contributed by atoms with E-state index in [0.29, 0.717) is 22.3 Å². The van der Waals surface area contributed by atoms with Crippen LogP contribution in [0.1, 0.15) is 28.9 Å². The maximum Gasteiger partial charge on any atom is 0.319 e. The fraction of sp³-hybridized carbons (Fsp3) is 0.111. The fourth-order valence-corrected chi connectivity index (χ4v) is 2.85. The molecule has 7 heteroatoms. The van der Waals surface area contributed by atoms with Crippen LogP contribution < -0.4 is 10.6 Å². The summed E-state index contributed by atoms with van der Waals surface area (Å²) in [5.41, 5.74) is 0.821. The summed E-state index contributed by atoms with van der Waals surface area (Å²) in [7, 11) is 0. The van der Waals surface area contributed by atoms with Crippen molar-refractivity contribution in [1.29, 1.82) is 0 Å². The quantitative estimate of drug-likeness (QED) is 0.807. The van der Waals surface area contributed by atoms with Gasteiger partial charge in [-0.3, -0.25) is 4.79 Å². The first-order valence-corrected chi connectivity index (χ1v) is 7.78. The van der Waals surface area contributed by atoms with E-state index in [9.17, 15) is 18.4 Å². The zero-order valence-corrected chi connectivity index (χ0v) is 13.8. The van der Waals surface area contributed by atoms with Crippen molar-refractivity contribution in [3.8, 4) is 0 Å². The Morgan fingerprint density at radius 1 is 1.12 bits per heavy atom. The summed E-state index contributed by atoms with van der Waals surface area (Å²) in [4.78, 5) is 24.7. The van der Waals surface area contributed by atoms with Crippen molar-refractivity contribution < 1.29 is 18.4 Å². The van der Waals surface area contributed by atoms with Gasteiger partial charge >= 0.3 is 6.03 Å². The molecule has 2 aromatic rings. The molecule has 1 unspecified atom stereocenters. The number of urea groups is 1. The van der Waals surface area contributed by atoms with Crippen molar-refractivity contribution in [2.24, 2.45) is 0 Å². The lowest BCUT2D eigenvalue weighted by atomic mass is 9.89. The molecule has 2 N–H and O–H groups in total. The number of rotatable bonds is 3. The van der Waals surface area contributed by atoms with E-state index in [1.54, 1.807) is 31.2 Å². The molecule has 0 aromatic heterocycles. The van der Waals surface area contributed by atoms with Crippen LogP contribution in [0, 0.1) is 11.6 Å². The van der Waals surface area contributed by atoms with Gasteiger partial charge in [0.2, 0.25) is 0 Å². The van der Waals surface area contributed by atoms with Crippen molar-refractivity contribution in [2.75, 3.05) is 0 Å². The van der Waals surface area contributed by atoms with Crippen molar-refractivity contribution in [3.63, 3.8) is 0 Å². The molecule has 1 aliphatic heterocycles. The van der Waals surface area contributed by atoms with Gasteiger partial charge in [0, 0.05) is 33.5 Å². The Hall–Kier alpha value is -2.73. The molecule has 0 radical (unpaired) electrons. The van der Waals surface area contributed by atoms with Crippen molar-refractivity contribution in [2.45, 2.75) is 13.0 Å². The van der Waals surface area contributed by atoms with Gasteiger partial charge in [-0.2, -0.15) is 0 Å². The van der Waals surface area contributed by atoms with Crippen molar-refractivity contribution in [1.82, 2.24) is 10.6 Å². The predicted molar refractivity (Wildman–Crippen MR) is 89.2 cm³/mol. The Bertz CT molecular complexity index is 894. The van der Waals surface area contributed by atoms with Crippen LogP contribution in [-0.2, 0) is 0 Å². The van der Waals surface area contributed by atoms with Gasteiger partial charge in [-0.1, -0.05) is 17.7 Å². The molecular formula is C18H13ClF2N2O2. The van der Waals surface area contributed by atoms with Crippen LogP contribution in [0.2, 0.25) is 5.02 Å². The van der Waals surface area contributed by atoms with E-state index >= 15 is 0 Å². The van der Waals surface area contributed by atoms with Crippen molar-refractivity contribution in [3.05, 3.63) is 81.5 Å². The minimum atomic E-state index is -1.03. The highest BCUT2D eigenvalue weighted by atomic mass is 35.5. The molecule has 0 saturated heterocycles. The number of carbonyl (C=O) groups is 2. The number of nitrogens with one attached hydrogen (secondary N) is 2. The van der Waals surface area contributed by atoms with E-state index in [1.165, 1.54) is 6.07 Å². The first-order valence-electron chi connectivity index (χ1n) is 7.40. The first kappa shape index (κ1) is 17.1. The molecule has 2 amide bonds. The van der Waals surface area contributed by atoms with Gasteiger partial charge in [0.1, 0.15) is 11.6 Å². The Balaban J connectivity index is 2.09. The second kappa shape index (κ2) is 6.64. The summed E-state index contributed by atoms with van der Waals surface area (Å²) in [6, 6.07) is 7.61. The monoisotopic (exact) mass is 362 g/mol. The molecule has 0 aliphatic carbocycles. The third-order valence-corrected chi connectivity index (χ3v) is 4.15. The van der Waals surface area contributed by atoms with E-state index < -0.39 is 29.5 Å². The third-order valence-electron chi connectivity index (χ3n) is 3.89. The summed E-state index contributed by atoms with van der Waals surface area (Å²) in [6.07, 6.45) is 0. The highest BCUT2D eigenvalue weighted by Crippen LogP contribution is 2.31. The van der Waals surface area contributed by atoms with Gasteiger partial charge in [0.05, 0.1) is 6.04 Å². The number of ketones is 1. The molecular weight excluding hydrogens is 350 g/mol. The number of benzene rings is 2. The highest BCUT2D eigenvalue weighted by Gasteiger charge is 2.33. The van der Waals surface area contributed by atoms with Gasteiger partial charge in [-0.15, -0.1) is 0 Å². The smallest absolute Gasteiger partial charge is 0.319 e. The van der Waals surface area contributed by atoms with Crippen LogP contribution in [0.5, 0.6) is 0 Å². The topological polar surface area (TPSA) is 58.2 Å². The number of carbonyl (C=O) groups excluding carboxylic acids is 2. The van der Waals surface area contributed by atoms with Crippen LogP contribution in [0.25, 0.3) is 0 Å². The molecule has 1 heterocycles. The molecule has 25 heavy (non-hydrogen) atoms. The molecule has 0 spiro atoms. The summed E-state index contributed by atoms with van der Waals surface area (Å²) in [5, 5.41) is 5.50. The Morgan fingerprint density at radius 3 is 2.44 bits per heavy atom. The zero-order chi connectivity index (χ0) is 18.1. The van der Waals surface area contributed by atoms with Crippen LogP contribution in [0.3, 0.4) is 0 Å². The molecule has 0 fully saturated rings.